The van der Waals surface area contributed by atoms with Crippen molar-refractivity contribution in [3.63, 3.8) is 0 Å². The number of nitriles is 1. The summed E-state index contributed by atoms with van der Waals surface area (Å²) in [6.07, 6.45) is 0. The smallest absolute Gasteiger partial charge is 0.229 e. The Hall–Kier alpha value is -2.75. The van der Waals surface area contributed by atoms with Gasteiger partial charge in [0.05, 0.1) is 22.9 Å². The van der Waals surface area contributed by atoms with Gasteiger partial charge >= 0.3 is 0 Å². The van der Waals surface area contributed by atoms with Gasteiger partial charge in [0.1, 0.15) is 11.6 Å². The molecule has 3 heterocycles. The van der Waals surface area contributed by atoms with E-state index in [0.29, 0.717) is 16.5 Å². The number of nitrogens with zero attached hydrogens (tertiary/aromatic N) is 3. The normalized spacial score (nSPS) is 16.3. The van der Waals surface area contributed by atoms with Crippen LogP contribution in [-0.4, -0.2) is 9.78 Å². The van der Waals surface area contributed by atoms with E-state index in [-0.39, 0.29) is 11.8 Å². The largest absolute Gasteiger partial charge is 0.422 e. The lowest BCUT2D eigenvalue weighted by Crippen LogP contribution is -2.21. The van der Waals surface area contributed by atoms with Crippen molar-refractivity contribution in [2.24, 2.45) is 5.73 Å². The van der Waals surface area contributed by atoms with Crippen LogP contribution < -0.4 is 10.5 Å². The van der Waals surface area contributed by atoms with Crippen molar-refractivity contribution < 1.29 is 4.74 Å². The molecule has 0 saturated heterocycles. The van der Waals surface area contributed by atoms with E-state index >= 15 is 0 Å². The molecule has 1 aromatic carbocycles. The molecule has 5 nitrogen and oxygen atoms in total. The molecule has 25 heavy (non-hydrogen) atoms. The topological polar surface area (TPSA) is 76.9 Å². The maximum atomic E-state index is 9.60. The molecule has 7 heteroatoms. The summed E-state index contributed by atoms with van der Waals surface area (Å²) in [4.78, 5) is 1.03. The van der Waals surface area contributed by atoms with Gasteiger partial charge in [-0.3, -0.25) is 0 Å². The van der Waals surface area contributed by atoms with E-state index in [9.17, 15) is 5.26 Å². The first kappa shape index (κ1) is 15.8. The van der Waals surface area contributed by atoms with Gasteiger partial charge in [0.15, 0.2) is 0 Å². The summed E-state index contributed by atoms with van der Waals surface area (Å²) in [5.41, 5.74) is 8.88. The van der Waals surface area contributed by atoms with Crippen molar-refractivity contribution >= 4 is 22.9 Å². The van der Waals surface area contributed by atoms with Crippen LogP contribution >= 0.6 is 22.9 Å². The number of benzene rings is 1. The van der Waals surface area contributed by atoms with E-state index in [1.165, 1.54) is 0 Å². The van der Waals surface area contributed by atoms with Crippen LogP contribution in [0.2, 0.25) is 5.02 Å². The number of ether oxygens (including phenoxy) is 1. The maximum Gasteiger partial charge on any atom is 0.229 e. The first-order valence-corrected chi connectivity index (χ1v) is 8.82. The number of allylic oxidation sites excluding steroid dienone is 1. The van der Waals surface area contributed by atoms with E-state index in [0.717, 1.165) is 21.8 Å². The van der Waals surface area contributed by atoms with E-state index in [1.807, 2.05) is 36.6 Å². The summed E-state index contributed by atoms with van der Waals surface area (Å²) >= 11 is 7.69. The summed E-state index contributed by atoms with van der Waals surface area (Å²) < 4.78 is 7.49. The molecule has 0 saturated carbocycles. The summed E-state index contributed by atoms with van der Waals surface area (Å²) in [6.45, 7) is 1.90. The minimum absolute atomic E-state index is 0.108. The van der Waals surface area contributed by atoms with Gasteiger partial charge in [-0.05, 0) is 36.6 Å². The van der Waals surface area contributed by atoms with Gasteiger partial charge in [0.2, 0.25) is 11.8 Å². The van der Waals surface area contributed by atoms with Crippen molar-refractivity contribution in [2.75, 3.05) is 0 Å². The van der Waals surface area contributed by atoms with Gasteiger partial charge in [-0.25, -0.2) is 4.68 Å². The zero-order chi connectivity index (χ0) is 17.6. The highest BCUT2D eigenvalue weighted by molar-refractivity contribution is 7.10. The lowest BCUT2D eigenvalue weighted by molar-refractivity contribution is 0.367. The minimum Gasteiger partial charge on any atom is -0.422 e. The minimum atomic E-state index is -0.276. The summed E-state index contributed by atoms with van der Waals surface area (Å²) in [5.74, 6) is 0.355. The van der Waals surface area contributed by atoms with Crippen LogP contribution in [0.5, 0.6) is 5.88 Å². The first-order chi connectivity index (χ1) is 12.1. The van der Waals surface area contributed by atoms with Crippen molar-refractivity contribution in [2.45, 2.75) is 12.8 Å². The predicted molar refractivity (Wildman–Crippen MR) is 96.9 cm³/mol. The molecule has 2 N–H and O–H groups in total. The molecule has 0 bridgehead atoms. The Morgan fingerprint density at radius 2 is 2.20 bits per heavy atom. The van der Waals surface area contributed by atoms with Crippen molar-refractivity contribution in [3.8, 4) is 17.6 Å². The number of hydrogen-bond acceptors (Lipinski definition) is 5. The quantitative estimate of drug-likeness (QED) is 0.738. The highest BCUT2D eigenvalue weighted by Gasteiger charge is 2.36. The lowest BCUT2D eigenvalue weighted by atomic mass is 9.89. The summed E-state index contributed by atoms with van der Waals surface area (Å²) in [7, 11) is 0. The fourth-order valence-electron chi connectivity index (χ4n) is 3.04. The van der Waals surface area contributed by atoms with Crippen molar-refractivity contribution in [1.29, 1.82) is 5.26 Å². The van der Waals surface area contributed by atoms with Gasteiger partial charge in [-0.2, -0.15) is 10.4 Å². The molecule has 0 amide bonds. The predicted octanol–water partition coefficient (Wildman–Crippen LogP) is 4.11. The van der Waals surface area contributed by atoms with E-state index in [2.05, 4.69) is 11.2 Å². The third-order valence-corrected chi connectivity index (χ3v) is 5.29. The second-order valence-corrected chi connectivity index (χ2v) is 7.05. The molecule has 0 fully saturated rings. The number of aryl methyl sites for hydroxylation is 1. The molecule has 2 aromatic heterocycles. The number of nitrogens with two attached hydrogens (primary N) is 1. The van der Waals surface area contributed by atoms with Crippen LogP contribution in [0.1, 0.15) is 22.1 Å². The number of rotatable bonds is 2. The van der Waals surface area contributed by atoms with Gasteiger partial charge in [-0.1, -0.05) is 23.7 Å². The number of thiophene rings is 1. The summed E-state index contributed by atoms with van der Waals surface area (Å²) in [6, 6.07) is 13.5. The highest BCUT2D eigenvalue weighted by Crippen LogP contribution is 2.45. The third-order valence-electron chi connectivity index (χ3n) is 4.11. The molecule has 0 aliphatic carbocycles. The SMILES string of the molecule is Cc1nn(-c2cccc(Cl)c2)c2c1[C@H](c1cccs1)C(C#N)=C(N)O2. The molecule has 1 atom stereocenters. The van der Waals surface area contributed by atoms with Crippen LogP contribution in [0, 0.1) is 18.3 Å². The fraction of sp³-hybridized carbons (Fsp3) is 0.111. The molecule has 1 aliphatic heterocycles. The zero-order valence-corrected chi connectivity index (χ0v) is 14.8. The monoisotopic (exact) mass is 368 g/mol. The highest BCUT2D eigenvalue weighted by atomic mass is 35.5. The van der Waals surface area contributed by atoms with Crippen LogP contribution in [0.4, 0.5) is 0 Å². The van der Waals surface area contributed by atoms with E-state index in [1.54, 1.807) is 28.2 Å². The molecule has 124 valence electrons. The van der Waals surface area contributed by atoms with Gasteiger partial charge in [-0.15, -0.1) is 11.3 Å². The Morgan fingerprint density at radius 3 is 2.88 bits per heavy atom. The maximum absolute atomic E-state index is 9.60. The van der Waals surface area contributed by atoms with Crippen LogP contribution in [-0.2, 0) is 0 Å². The summed E-state index contributed by atoms with van der Waals surface area (Å²) in [5, 5.41) is 16.8. The van der Waals surface area contributed by atoms with Gasteiger partial charge in [0, 0.05) is 9.90 Å². The second-order valence-electron chi connectivity index (χ2n) is 5.64. The molecule has 0 radical (unpaired) electrons. The second kappa shape index (κ2) is 5.96. The Labute approximate surface area is 153 Å². The standard InChI is InChI=1S/C18H13ClN4OS/c1-10-15-16(14-6-3-7-25-14)13(9-20)17(21)24-18(15)23(22-10)12-5-2-4-11(19)8-12/h2-8,16H,21H2,1H3/t16-/m0/s1. The van der Waals surface area contributed by atoms with Crippen LogP contribution in [0.15, 0.2) is 53.2 Å². The first-order valence-electron chi connectivity index (χ1n) is 7.56. The number of hydrogen-bond donors (Lipinski definition) is 1. The Kier molecular flexibility index (Phi) is 3.75. The average molecular weight is 369 g/mol. The number of halogens is 1. The van der Waals surface area contributed by atoms with Gasteiger partial charge in [0.25, 0.3) is 0 Å². The molecular weight excluding hydrogens is 356 g/mol. The van der Waals surface area contributed by atoms with E-state index in [4.69, 9.17) is 22.1 Å². The molecule has 3 aromatic rings. The van der Waals surface area contributed by atoms with Crippen molar-refractivity contribution in [3.05, 3.63) is 74.4 Å². The van der Waals surface area contributed by atoms with E-state index < -0.39 is 0 Å². The number of aromatic nitrogens is 2. The molecule has 0 spiro atoms. The Bertz CT molecular complexity index is 1030. The molecular formula is C18H13ClN4OS. The third kappa shape index (κ3) is 2.49. The van der Waals surface area contributed by atoms with Crippen molar-refractivity contribution in [1.82, 2.24) is 9.78 Å². The molecule has 0 unspecified atom stereocenters. The molecule has 1 aliphatic rings. The van der Waals surface area contributed by atoms with Crippen LogP contribution in [0.25, 0.3) is 5.69 Å². The Morgan fingerprint density at radius 1 is 1.36 bits per heavy atom. The average Bonchev–Trinajstić information content (AvgIpc) is 3.22. The van der Waals surface area contributed by atoms with Crippen LogP contribution in [0.3, 0.4) is 0 Å². The zero-order valence-electron chi connectivity index (χ0n) is 13.2. The lowest BCUT2D eigenvalue weighted by Gasteiger charge is -2.23. The number of fused-ring (bicyclic) bond motifs is 1. The van der Waals surface area contributed by atoms with Gasteiger partial charge < -0.3 is 10.5 Å². The molecule has 4 rings (SSSR count). The Balaban J connectivity index is 1.96. The fourth-order valence-corrected chi connectivity index (χ4v) is 4.06.